The fourth-order valence-corrected chi connectivity index (χ4v) is 4.03. The van der Waals surface area contributed by atoms with Gasteiger partial charge in [-0.1, -0.05) is 6.07 Å². The Morgan fingerprint density at radius 1 is 1.14 bits per heavy atom. The number of sulfonamides is 1. The maximum absolute atomic E-state index is 12.7. The van der Waals surface area contributed by atoms with Crippen molar-refractivity contribution in [2.75, 3.05) is 6.54 Å². The molecule has 1 aliphatic heterocycles. The van der Waals surface area contributed by atoms with E-state index < -0.39 is 10.0 Å². The van der Waals surface area contributed by atoms with Crippen LogP contribution >= 0.6 is 0 Å². The van der Waals surface area contributed by atoms with Crippen molar-refractivity contribution in [3.8, 4) is 0 Å². The normalized spacial score (nSPS) is 15.9. The number of aromatic amines is 2. The first-order chi connectivity index (χ1) is 9.89. The van der Waals surface area contributed by atoms with Crippen molar-refractivity contribution >= 4 is 10.0 Å². The van der Waals surface area contributed by atoms with Crippen LogP contribution in [-0.4, -0.2) is 29.5 Å². The molecule has 2 aromatic rings. The van der Waals surface area contributed by atoms with E-state index >= 15 is 0 Å². The van der Waals surface area contributed by atoms with Gasteiger partial charge < -0.3 is 5.10 Å². The van der Waals surface area contributed by atoms with E-state index in [1.54, 1.807) is 12.1 Å². The van der Waals surface area contributed by atoms with Crippen LogP contribution in [0.15, 0.2) is 27.9 Å². The van der Waals surface area contributed by atoms with Crippen LogP contribution in [-0.2, 0) is 23.0 Å². The summed E-state index contributed by atoms with van der Waals surface area (Å²) in [5, 5.41) is 5.26. The van der Waals surface area contributed by atoms with Crippen molar-refractivity contribution in [3.05, 3.63) is 50.9 Å². The van der Waals surface area contributed by atoms with E-state index in [9.17, 15) is 13.2 Å². The third-order valence-electron chi connectivity index (χ3n) is 4.03. The number of hydrogen-bond acceptors (Lipinski definition) is 3. The number of H-pyrrole nitrogens is 2. The average Bonchev–Trinajstić information content (AvgIpc) is 2.83. The zero-order chi connectivity index (χ0) is 15.2. The summed E-state index contributed by atoms with van der Waals surface area (Å²) in [7, 11) is -3.54. The first-order valence-electron chi connectivity index (χ1n) is 6.75. The lowest BCUT2D eigenvalue weighted by atomic mass is 10.1. The maximum Gasteiger partial charge on any atom is 0.267 e. The molecule has 1 aromatic carbocycles. The topological polar surface area (TPSA) is 86.0 Å². The molecular formula is C14H17N3O3S. The van der Waals surface area contributed by atoms with Crippen molar-refractivity contribution in [3.63, 3.8) is 0 Å². The number of rotatable bonds is 2. The number of fused-ring (bicyclic) bond motifs is 1. The summed E-state index contributed by atoms with van der Waals surface area (Å²) in [5.74, 6) is 0. The van der Waals surface area contributed by atoms with E-state index in [1.807, 2.05) is 19.9 Å². The first kappa shape index (κ1) is 14.1. The number of benzene rings is 1. The number of hydrogen-bond donors (Lipinski definition) is 2. The minimum absolute atomic E-state index is 0.159. The molecule has 0 aliphatic carbocycles. The van der Waals surface area contributed by atoms with Gasteiger partial charge in [-0.3, -0.25) is 9.89 Å². The van der Waals surface area contributed by atoms with E-state index in [0.717, 1.165) is 11.1 Å². The third-order valence-corrected chi connectivity index (χ3v) is 5.87. The molecule has 0 unspecified atom stereocenters. The van der Waals surface area contributed by atoms with Gasteiger partial charge in [0.25, 0.3) is 5.56 Å². The van der Waals surface area contributed by atoms with Gasteiger partial charge in [-0.2, -0.15) is 4.31 Å². The van der Waals surface area contributed by atoms with Crippen molar-refractivity contribution < 1.29 is 8.42 Å². The monoisotopic (exact) mass is 307 g/mol. The summed E-state index contributed by atoms with van der Waals surface area (Å²) >= 11 is 0. The molecule has 112 valence electrons. The van der Waals surface area contributed by atoms with E-state index in [2.05, 4.69) is 10.2 Å². The fraction of sp³-hybridized carbons (Fsp3) is 0.357. The highest BCUT2D eigenvalue weighted by molar-refractivity contribution is 7.89. The lowest BCUT2D eigenvalue weighted by Gasteiger charge is -2.25. The van der Waals surface area contributed by atoms with E-state index in [4.69, 9.17) is 0 Å². The van der Waals surface area contributed by atoms with Crippen LogP contribution < -0.4 is 5.56 Å². The Kier molecular flexibility index (Phi) is 3.26. The fourth-order valence-electron chi connectivity index (χ4n) is 2.54. The molecule has 2 heterocycles. The van der Waals surface area contributed by atoms with Gasteiger partial charge in [-0.05, 0) is 43.5 Å². The lowest BCUT2D eigenvalue weighted by molar-refractivity contribution is 0.387. The minimum Gasteiger partial charge on any atom is -0.301 e. The van der Waals surface area contributed by atoms with Crippen LogP contribution in [0.4, 0.5) is 0 Å². The number of aromatic nitrogens is 2. The summed E-state index contributed by atoms with van der Waals surface area (Å²) in [5.41, 5.74) is 3.15. The van der Waals surface area contributed by atoms with Gasteiger partial charge in [0.05, 0.1) is 17.1 Å². The van der Waals surface area contributed by atoms with Crippen molar-refractivity contribution in [2.24, 2.45) is 0 Å². The Bertz CT molecular complexity index is 849. The second kappa shape index (κ2) is 4.85. The second-order valence-electron chi connectivity index (χ2n) is 5.37. The number of nitrogens with zero attached hydrogens (tertiary/aromatic N) is 1. The highest BCUT2D eigenvalue weighted by Crippen LogP contribution is 2.23. The number of nitrogens with one attached hydrogen (secondary N) is 2. The molecule has 7 heteroatoms. The Balaban J connectivity index is 1.96. The van der Waals surface area contributed by atoms with Crippen LogP contribution in [0.5, 0.6) is 0 Å². The minimum atomic E-state index is -3.54. The molecule has 6 nitrogen and oxygen atoms in total. The highest BCUT2D eigenvalue weighted by atomic mass is 32.2. The van der Waals surface area contributed by atoms with Gasteiger partial charge >= 0.3 is 0 Å². The smallest absolute Gasteiger partial charge is 0.267 e. The molecule has 21 heavy (non-hydrogen) atoms. The quantitative estimate of drug-likeness (QED) is 0.870. The molecule has 0 radical (unpaired) electrons. The van der Waals surface area contributed by atoms with Gasteiger partial charge in [0, 0.05) is 12.1 Å². The SMILES string of the molecule is Cc1ccc(S(=O)(=O)N2CCc3c([nH][nH]c3=O)C2)cc1C. The summed E-state index contributed by atoms with van der Waals surface area (Å²) in [6, 6.07) is 5.14. The Morgan fingerprint density at radius 2 is 1.90 bits per heavy atom. The predicted octanol–water partition coefficient (Wildman–Crippen LogP) is 1.07. The molecule has 1 aromatic heterocycles. The molecule has 0 amide bonds. The molecule has 0 spiro atoms. The van der Waals surface area contributed by atoms with Crippen LogP contribution in [0, 0.1) is 13.8 Å². The zero-order valence-electron chi connectivity index (χ0n) is 11.9. The van der Waals surface area contributed by atoms with Crippen molar-refractivity contribution in [1.29, 1.82) is 0 Å². The van der Waals surface area contributed by atoms with E-state index in [0.29, 0.717) is 29.1 Å². The van der Waals surface area contributed by atoms with Crippen molar-refractivity contribution in [2.45, 2.75) is 31.7 Å². The van der Waals surface area contributed by atoms with Gasteiger partial charge in [0.2, 0.25) is 10.0 Å². The zero-order valence-corrected chi connectivity index (χ0v) is 12.8. The van der Waals surface area contributed by atoms with Crippen LogP contribution in [0.1, 0.15) is 22.4 Å². The largest absolute Gasteiger partial charge is 0.301 e. The molecule has 0 fully saturated rings. The third kappa shape index (κ3) is 2.32. The highest BCUT2D eigenvalue weighted by Gasteiger charge is 2.30. The molecular weight excluding hydrogens is 290 g/mol. The van der Waals surface area contributed by atoms with Gasteiger partial charge in [0.15, 0.2) is 0 Å². The van der Waals surface area contributed by atoms with Crippen LogP contribution in [0.25, 0.3) is 0 Å². The molecule has 0 saturated carbocycles. The molecule has 0 bridgehead atoms. The standard InChI is InChI=1S/C14H17N3O3S/c1-9-3-4-11(7-10(9)2)21(19,20)17-6-5-12-13(8-17)15-16-14(12)18/h3-4,7H,5-6,8H2,1-2H3,(H2,15,16,18). The van der Waals surface area contributed by atoms with Crippen molar-refractivity contribution in [1.82, 2.24) is 14.5 Å². The van der Waals surface area contributed by atoms with Crippen LogP contribution in [0.3, 0.4) is 0 Å². The lowest BCUT2D eigenvalue weighted by Crippen LogP contribution is -2.36. The summed E-state index contributed by atoms with van der Waals surface area (Å²) in [6.45, 7) is 4.36. The first-order valence-corrected chi connectivity index (χ1v) is 8.19. The average molecular weight is 307 g/mol. The Labute approximate surface area is 122 Å². The number of aryl methyl sites for hydroxylation is 2. The maximum atomic E-state index is 12.7. The summed E-state index contributed by atoms with van der Waals surface area (Å²) < 4.78 is 26.8. The summed E-state index contributed by atoms with van der Waals surface area (Å²) in [6.07, 6.45) is 0.429. The van der Waals surface area contributed by atoms with E-state index in [1.165, 1.54) is 4.31 Å². The van der Waals surface area contributed by atoms with Gasteiger partial charge in [0.1, 0.15) is 0 Å². The summed E-state index contributed by atoms with van der Waals surface area (Å²) in [4.78, 5) is 11.8. The Hall–Kier alpha value is -1.86. The molecule has 1 aliphatic rings. The van der Waals surface area contributed by atoms with E-state index in [-0.39, 0.29) is 12.1 Å². The molecule has 0 atom stereocenters. The predicted molar refractivity (Wildman–Crippen MR) is 78.6 cm³/mol. The molecule has 2 N–H and O–H groups in total. The second-order valence-corrected chi connectivity index (χ2v) is 7.31. The van der Waals surface area contributed by atoms with Crippen LogP contribution in [0.2, 0.25) is 0 Å². The molecule has 0 saturated heterocycles. The Morgan fingerprint density at radius 3 is 2.62 bits per heavy atom. The van der Waals surface area contributed by atoms with Gasteiger partial charge in [-0.25, -0.2) is 8.42 Å². The van der Waals surface area contributed by atoms with Gasteiger partial charge in [-0.15, -0.1) is 0 Å². The molecule has 3 rings (SSSR count).